The molecule has 2 amide bonds. The van der Waals surface area contributed by atoms with Crippen molar-refractivity contribution in [3.05, 3.63) is 58.9 Å². The van der Waals surface area contributed by atoms with Crippen LogP contribution in [0.25, 0.3) is 0 Å². The number of carbonyl (C=O) groups excluding carboxylic acids is 2. The summed E-state index contributed by atoms with van der Waals surface area (Å²) in [7, 11) is -3.56. The molecule has 0 radical (unpaired) electrons. The summed E-state index contributed by atoms with van der Waals surface area (Å²) in [5.41, 5.74) is 4.54. The van der Waals surface area contributed by atoms with Gasteiger partial charge in [0.2, 0.25) is 10.0 Å². The number of halogens is 2. The lowest BCUT2D eigenvalue weighted by atomic mass is 10.2. The van der Waals surface area contributed by atoms with E-state index in [1.807, 2.05) is 0 Å². The van der Waals surface area contributed by atoms with Crippen LogP contribution in [-0.2, 0) is 14.8 Å². The number of rotatable bonds is 6. The summed E-state index contributed by atoms with van der Waals surface area (Å²) in [6, 6.07) is 9.07. The summed E-state index contributed by atoms with van der Waals surface area (Å²) in [6.45, 7) is 0.543. The maximum absolute atomic E-state index is 13.1. The number of nitrogens with one attached hydrogen (secondary N) is 2. The molecule has 30 heavy (non-hydrogen) atoms. The molecule has 8 nitrogen and oxygen atoms in total. The van der Waals surface area contributed by atoms with E-state index in [4.69, 9.17) is 16.3 Å². The Labute approximate surface area is 178 Å². The van der Waals surface area contributed by atoms with E-state index < -0.39 is 34.3 Å². The van der Waals surface area contributed by atoms with Crippen LogP contribution in [0.15, 0.2) is 47.4 Å². The fourth-order valence-corrected chi connectivity index (χ4v) is 4.49. The fourth-order valence-electron chi connectivity index (χ4n) is 2.81. The van der Waals surface area contributed by atoms with Gasteiger partial charge >= 0.3 is 0 Å². The molecule has 2 aromatic rings. The van der Waals surface area contributed by atoms with E-state index in [9.17, 15) is 22.4 Å². The molecule has 0 unspecified atom stereocenters. The smallest absolute Gasteiger partial charge is 0.276 e. The first-order valence-corrected chi connectivity index (χ1v) is 10.9. The lowest BCUT2D eigenvalue weighted by Gasteiger charge is -2.15. The number of hydrazine groups is 1. The average molecular weight is 456 g/mol. The molecule has 0 atom stereocenters. The van der Waals surface area contributed by atoms with Gasteiger partial charge in [0, 0.05) is 24.7 Å². The summed E-state index contributed by atoms with van der Waals surface area (Å²) >= 11 is 5.62. The van der Waals surface area contributed by atoms with E-state index in [1.54, 1.807) is 0 Å². The van der Waals surface area contributed by atoms with E-state index in [2.05, 4.69) is 10.9 Å². The van der Waals surface area contributed by atoms with Crippen molar-refractivity contribution in [2.45, 2.75) is 17.7 Å². The highest BCUT2D eigenvalue weighted by Crippen LogP contribution is 2.22. The van der Waals surface area contributed by atoms with Crippen LogP contribution < -0.4 is 15.6 Å². The van der Waals surface area contributed by atoms with Crippen LogP contribution in [0.5, 0.6) is 5.75 Å². The summed E-state index contributed by atoms with van der Waals surface area (Å²) in [6.07, 6.45) is 1.66. The Bertz CT molecular complexity index is 1040. The molecule has 1 aliphatic heterocycles. The van der Waals surface area contributed by atoms with E-state index in [1.165, 1.54) is 40.7 Å². The van der Waals surface area contributed by atoms with Gasteiger partial charge in [-0.2, -0.15) is 4.31 Å². The van der Waals surface area contributed by atoms with E-state index >= 15 is 0 Å². The molecule has 0 aliphatic carbocycles. The van der Waals surface area contributed by atoms with Crippen LogP contribution in [0.2, 0.25) is 5.02 Å². The molecule has 1 aliphatic rings. The number of amides is 2. The third kappa shape index (κ3) is 5.26. The van der Waals surface area contributed by atoms with Crippen molar-refractivity contribution >= 4 is 33.4 Å². The SMILES string of the molecule is O=C(COc1ccc(F)c(Cl)c1)NNC(=O)c1ccc(S(=O)(=O)N2CCCC2)cc1. The zero-order valence-electron chi connectivity index (χ0n) is 15.7. The summed E-state index contributed by atoms with van der Waals surface area (Å²) in [5, 5.41) is -0.142. The highest BCUT2D eigenvalue weighted by Gasteiger charge is 2.27. The Hall–Kier alpha value is -2.69. The largest absolute Gasteiger partial charge is 0.484 e. The zero-order valence-corrected chi connectivity index (χ0v) is 17.3. The van der Waals surface area contributed by atoms with Gasteiger partial charge in [0.1, 0.15) is 11.6 Å². The summed E-state index contributed by atoms with van der Waals surface area (Å²) in [5.74, 6) is -1.70. The highest BCUT2D eigenvalue weighted by molar-refractivity contribution is 7.89. The Morgan fingerprint density at radius 3 is 2.37 bits per heavy atom. The summed E-state index contributed by atoms with van der Waals surface area (Å²) in [4.78, 5) is 24.0. The van der Waals surface area contributed by atoms with Gasteiger partial charge in [-0.3, -0.25) is 20.4 Å². The van der Waals surface area contributed by atoms with E-state index in [0.717, 1.165) is 18.9 Å². The average Bonchev–Trinajstić information content (AvgIpc) is 3.29. The molecule has 2 aromatic carbocycles. The van der Waals surface area contributed by atoms with Gasteiger partial charge in [0.25, 0.3) is 11.8 Å². The summed E-state index contributed by atoms with van der Waals surface area (Å²) < 4.78 is 44.6. The Balaban J connectivity index is 1.50. The zero-order chi connectivity index (χ0) is 21.7. The molecule has 0 bridgehead atoms. The lowest BCUT2D eigenvalue weighted by molar-refractivity contribution is -0.123. The van der Waals surface area contributed by atoms with Crippen molar-refractivity contribution in [1.82, 2.24) is 15.2 Å². The quantitative estimate of drug-likeness (QED) is 0.649. The monoisotopic (exact) mass is 455 g/mol. The number of nitrogens with zero attached hydrogens (tertiary/aromatic N) is 1. The predicted octanol–water partition coefficient (Wildman–Crippen LogP) is 2.10. The lowest BCUT2D eigenvalue weighted by Crippen LogP contribution is -2.43. The Kier molecular flexibility index (Phi) is 6.91. The molecule has 0 aromatic heterocycles. The molecule has 1 saturated heterocycles. The second-order valence-corrected chi connectivity index (χ2v) is 8.85. The molecule has 160 valence electrons. The fraction of sp³-hybridized carbons (Fsp3) is 0.263. The van der Waals surface area contributed by atoms with E-state index in [-0.39, 0.29) is 21.2 Å². The van der Waals surface area contributed by atoms with Crippen LogP contribution >= 0.6 is 11.6 Å². The molecular formula is C19H19ClFN3O5S. The Morgan fingerprint density at radius 1 is 1.07 bits per heavy atom. The van der Waals surface area contributed by atoms with Crippen molar-refractivity contribution in [1.29, 1.82) is 0 Å². The number of carbonyl (C=O) groups is 2. The number of ether oxygens (including phenoxy) is 1. The van der Waals surface area contributed by atoms with Crippen LogP contribution in [0, 0.1) is 5.82 Å². The molecule has 3 rings (SSSR count). The first-order valence-electron chi connectivity index (χ1n) is 9.04. The second-order valence-electron chi connectivity index (χ2n) is 6.50. The maximum Gasteiger partial charge on any atom is 0.276 e. The van der Waals surface area contributed by atoms with E-state index in [0.29, 0.717) is 13.1 Å². The highest BCUT2D eigenvalue weighted by atomic mass is 35.5. The van der Waals surface area contributed by atoms with Crippen molar-refractivity contribution in [3.8, 4) is 5.75 Å². The molecule has 1 fully saturated rings. The minimum absolute atomic E-state index is 0.108. The second kappa shape index (κ2) is 9.41. The third-order valence-corrected chi connectivity index (χ3v) is 6.60. The van der Waals surface area contributed by atoms with Gasteiger partial charge in [-0.1, -0.05) is 11.6 Å². The predicted molar refractivity (Wildman–Crippen MR) is 107 cm³/mol. The molecule has 2 N–H and O–H groups in total. The third-order valence-electron chi connectivity index (χ3n) is 4.40. The standard InChI is InChI=1S/C19H19ClFN3O5S/c20-16-11-14(5-8-17(16)21)29-12-18(25)22-23-19(26)13-3-6-15(7-4-13)30(27,28)24-9-1-2-10-24/h3-8,11H,1-2,9-10,12H2,(H,22,25)(H,23,26). The molecule has 11 heteroatoms. The van der Waals surface area contributed by atoms with Gasteiger partial charge in [-0.05, 0) is 49.2 Å². The van der Waals surface area contributed by atoms with Gasteiger partial charge in [-0.25, -0.2) is 12.8 Å². The van der Waals surface area contributed by atoms with Crippen LogP contribution in [0.4, 0.5) is 4.39 Å². The Morgan fingerprint density at radius 2 is 1.73 bits per heavy atom. The molecular weight excluding hydrogens is 437 g/mol. The minimum atomic E-state index is -3.56. The maximum atomic E-state index is 13.1. The molecule has 0 spiro atoms. The van der Waals surface area contributed by atoms with Gasteiger partial charge in [0.05, 0.1) is 9.92 Å². The van der Waals surface area contributed by atoms with Crippen molar-refractivity contribution in [2.24, 2.45) is 0 Å². The minimum Gasteiger partial charge on any atom is -0.484 e. The number of sulfonamides is 1. The topological polar surface area (TPSA) is 105 Å². The van der Waals surface area contributed by atoms with Gasteiger partial charge in [0.15, 0.2) is 6.61 Å². The first-order chi connectivity index (χ1) is 14.3. The van der Waals surface area contributed by atoms with Crippen molar-refractivity contribution < 1.29 is 27.1 Å². The van der Waals surface area contributed by atoms with Crippen LogP contribution in [0.3, 0.4) is 0 Å². The van der Waals surface area contributed by atoms with Crippen LogP contribution in [-0.4, -0.2) is 44.2 Å². The van der Waals surface area contributed by atoms with Crippen molar-refractivity contribution in [2.75, 3.05) is 19.7 Å². The van der Waals surface area contributed by atoms with Crippen LogP contribution in [0.1, 0.15) is 23.2 Å². The number of hydrogen-bond donors (Lipinski definition) is 2. The number of benzene rings is 2. The van der Waals surface area contributed by atoms with Gasteiger partial charge < -0.3 is 4.74 Å². The van der Waals surface area contributed by atoms with Crippen molar-refractivity contribution in [3.63, 3.8) is 0 Å². The molecule has 0 saturated carbocycles. The first kappa shape index (κ1) is 22.0. The number of hydrogen-bond acceptors (Lipinski definition) is 5. The van der Waals surface area contributed by atoms with Gasteiger partial charge in [-0.15, -0.1) is 0 Å². The molecule has 1 heterocycles. The normalized spacial score (nSPS) is 14.3.